The molecule has 3 aromatic carbocycles. The van der Waals surface area contributed by atoms with Gasteiger partial charge in [-0.2, -0.15) is 13.2 Å². The molecule has 0 bridgehead atoms. The van der Waals surface area contributed by atoms with Gasteiger partial charge in [0, 0.05) is 30.0 Å². The Hall–Kier alpha value is -3.19. The number of hydrogen-bond donors (Lipinski definition) is 0. The molecule has 0 aliphatic carbocycles. The highest BCUT2D eigenvalue weighted by Crippen LogP contribution is 2.47. The SMILES string of the molecule is COc1ccc2c(c1)OC[C@H](c1ccc(C(F)(F)F)cc1)[C@@H]2c1ccc(OCCN2CCCC2)cc1. The maximum Gasteiger partial charge on any atom is 0.416 e. The van der Waals surface area contributed by atoms with Crippen LogP contribution in [-0.2, 0) is 6.18 Å². The Bertz CT molecular complexity index is 1160. The van der Waals surface area contributed by atoms with Gasteiger partial charge in [0.25, 0.3) is 0 Å². The molecule has 5 rings (SSSR count). The van der Waals surface area contributed by atoms with Crippen molar-refractivity contribution in [2.45, 2.75) is 30.9 Å². The molecule has 0 unspecified atom stereocenters. The summed E-state index contributed by atoms with van der Waals surface area (Å²) in [6.45, 7) is 4.20. The van der Waals surface area contributed by atoms with Gasteiger partial charge in [-0.15, -0.1) is 0 Å². The van der Waals surface area contributed by atoms with Crippen LogP contribution in [0.4, 0.5) is 13.2 Å². The monoisotopic (exact) mass is 497 g/mol. The van der Waals surface area contributed by atoms with Crippen LogP contribution in [-0.4, -0.2) is 44.9 Å². The zero-order chi connectivity index (χ0) is 25.1. The summed E-state index contributed by atoms with van der Waals surface area (Å²) >= 11 is 0. The van der Waals surface area contributed by atoms with E-state index in [4.69, 9.17) is 14.2 Å². The number of ether oxygens (including phenoxy) is 3. The minimum atomic E-state index is -4.37. The molecular formula is C29H30F3NO3. The number of likely N-dealkylation sites (tertiary alicyclic amines) is 1. The molecule has 7 heteroatoms. The summed E-state index contributed by atoms with van der Waals surface area (Å²) in [7, 11) is 1.61. The van der Waals surface area contributed by atoms with Crippen LogP contribution in [0.5, 0.6) is 17.2 Å². The van der Waals surface area contributed by atoms with E-state index >= 15 is 0 Å². The van der Waals surface area contributed by atoms with Crippen LogP contribution < -0.4 is 14.2 Å². The summed E-state index contributed by atoms with van der Waals surface area (Å²) in [5, 5.41) is 0. The van der Waals surface area contributed by atoms with Gasteiger partial charge >= 0.3 is 6.18 Å². The molecule has 1 fully saturated rings. The predicted molar refractivity (Wildman–Crippen MR) is 132 cm³/mol. The van der Waals surface area contributed by atoms with Crippen LogP contribution in [0.1, 0.15) is 46.9 Å². The number of methoxy groups -OCH3 is 1. The van der Waals surface area contributed by atoms with Crippen molar-refractivity contribution in [2.75, 3.05) is 40.0 Å². The van der Waals surface area contributed by atoms with Crippen LogP contribution in [0, 0.1) is 0 Å². The first-order valence-electron chi connectivity index (χ1n) is 12.4. The van der Waals surface area contributed by atoms with Gasteiger partial charge < -0.3 is 14.2 Å². The maximum atomic E-state index is 13.1. The van der Waals surface area contributed by atoms with Gasteiger partial charge in [0.15, 0.2) is 0 Å². The summed E-state index contributed by atoms with van der Waals surface area (Å²) in [6.07, 6.45) is -1.85. The molecule has 2 heterocycles. The van der Waals surface area contributed by atoms with E-state index in [0.29, 0.717) is 19.0 Å². The van der Waals surface area contributed by atoms with Crippen molar-refractivity contribution in [3.05, 3.63) is 89.0 Å². The smallest absolute Gasteiger partial charge is 0.416 e. The second-order valence-corrected chi connectivity index (χ2v) is 9.38. The number of hydrogen-bond acceptors (Lipinski definition) is 4. The summed E-state index contributed by atoms with van der Waals surface area (Å²) in [6, 6.07) is 19.2. The van der Waals surface area contributed by atoms with Crippen LogP contribution >= 0.6 is 0 Å². The zero-order valence-electron chi connectivity index (χ0n) is 20.3. The number of halogens is 3. The van der Waals surface area contributed by atoms with Crippen LogP contribution in [0.15, 0.2) is 66.7 Å². The minimum Gasteiger partial charge on any atom is -0.497 e. The molecule has 0 amide bonds. The Labute approximate surface area is 209 Å². The first-order valence-corrected chi connectivity index (χ1v) is 12.4. The van der Waals surface area contributed by atoms with Crippen molar-refractivity contribution in [3.8, 4) is 17.2 Å². The maximum absolute atomic E-state index is 13.1. The highest BCUT2D eigenvalue weighted by Gasteiger charge is 2.35. The summed E-state index contributed by atoms with van der Waals surface area (Å²) in [4.78, 5) is 2.41. The number of rotatable bonds is 7. The standard InChI is InChI=1S/C29H30F3NO3/c1-34-24-12-13-25-27(18-24)36-19-26(20-4-8-22(9-5-20)29(30,31)32)28(25)21-6-10-23(11-7-21)35-17-16-33-14-2-3-15-33/h4-13,18,26,28H,2-3,14-17,19H2,1H3/t26-,28-/m1/s1. The predicted octanol–water partition coefficient (Wildman–Crippen LogP) is 6.50. The third kappa shape index (κ3) is 5.31. The van der Waals surface area contributed by atoms with Crippen molar-refractivity contribution < 1.29 is 27.4 Å². The van der Waals surface area contributed by atoms with E-state index in [2.05, 4.69) is 4.90 Å². The third-order valence-electron chi connectivity index (χ3n) is 7.16. The lowest BCUT2D eigenvalue weighted by molar-refractivity contribution is -0.137. The van der Waals surface area contributed by atoms with Gasteiger partial charge in [-0.25, -0.2) is 0 Å². The third-order valence-corrected chi connectivity index (χ3v) is 7.16. The van der Waals surface area contributed by atoms with Gasteiger partial charge in [-0.3, -0.25) is 4.90 Å². The number of fused-ring (bicyclic) bond motifs is 1. The molecule has 2 atom stereocenters. The van der Waals surface area contributed by atoms with E-state index in [-0.39, 0.29) is 11.8 Å². The van der Waals surface area contributed by atoms with Crippen LogP contribution in [0.3, 0.4) is 0 Å². The molecule has 0 aromatic heterocycles. The van der Waals surface area contributed by atoms with Crippen molar-refractivity contribution in [2.24, 2.45) is 0 Å². The largest absolute Gasteiger partial charge is 0.497 e. The molecule has 36 heavy (non-hydrogen) atoms. The minimum absolute atomic E-state index is 0.0879. The highest BCUT2D eigenvalue weighted by molar-refractivity contribution is 5.51. The quantitative estimate of drug-likeness (QED) is 0.373. The Balaban J connectivity index is 1.41. The molecular weight excluding hydrogens is 467 g/mol. The fourth-order valence-electron chi connectivity index (χ4n) is 5.21. The lowest BCUT2D eigenvalue weighted by atomic mass is 9.75. The molecule has 0 N–H and O–H groups in total. The van der Waals surface area contributed by atoms with E-state index in [1.54, 1.807) is 19.2 Å². The molecule has 0 radical (unpaired) electrons. The molecule has 2 aliphatic heterocycles. The highest BCUT2D eigenvalue weighted by atomic mass is 19.4. The summed E-state index contributed by atoms with van der Waals surface area (Å²) in [5.41, 5.74) is 2.19. The van der Waals surface area contributed by atoms with Crippen molar-refractivity contribution in [1.29, 1.82) is 0 Å². The van der Waals surface area contributed by atoms with E-state index in [9.17, 15) is 13.2 Å². The molecule has 2 aliphatic rings. The Morgan fingerprint density at radius 1 is 0.889 bits per heavy atom. The summed E-state index contributed by atoms with van der Waals surface area (Å²) < 4.78 is 56.8. The zero-order valence-corrected chi connectivity index (χ0v) is 20.3. The van der Waals surface area contributed by atoms with Gasteiger partial charge in [0.05, 0.1) is 19.3 Å². The first kappa shape index (κ1) is 24.5. The van der Waals surface area contributed by atoms with E-state index in [0.717, 1.165) is 60.0 Å². The summed E-state index contributed by atoms with van der Waals surface area (Å²) in [5.74, 6) is 2.01. The molecule has 1 saturated heterocycles. The fraction of sp³-hybridized carbons (Fsp3) is 0.379. The van der Waals surface area contributed by atoms with Gasteiger partial charge in [0.1, 0.15) is 23.9 Å². The topological polar surface area (TPSA) is 30.9 Å². The average Bonchev–Trinajstić information content (AvgIpc) is 3.41. The molecule has 0 saturated carbocycles. The second kappa shape index (κ2) is 10.4. The Morgan fingerprint density at radius 3 is 2.22 bits per heavy atom. The second-order valence-electron chi connectivity index (χ2n) is 9.38. The van der Waals surface area contributed by atoms with E-state index in [1.807, 2.05) is 42.5 Å². The number of nitrogens with zero attached hydrogens (tertiary/aromatic N) is 1. The van der Waals surface area contributed by atoms with E-state index in [1.165, 1.54) is 12.8 Å². The van der Waals surface area contributed by atoms with Crippen LogP contribution in [0.2, 0.25) is 0 Å². The van der Waals surface area contributed by atoms with Crippen molar-refractivity contribution in [3.63, 3.8) is 0 Å². The van der Waals surface area contributed by atoms with Crippen molar-refractivity contribution in [1.82, 2.24) is 4.90 Å². The Morgan fingerprint density at radius 2 is 1.56 bits per heavy atom. The van der Waals surface area contributed by atoms with Gasteiger partial charge in [-0.1, -0.05) is 30.3 Å². The number of alkyl halides is 3. The van der Waals surface area contributed by atoms with Gasteiger partial charge in [-0.05, 0) is 67.4 Å². The normalized spacial score (nSPS) is 20.0. The molecule has 0 spiro atoms. The van der Waals surface area contributed by atoms with Crippen LogP contribution in [0.25, 0.3) is 0 Å². The molecule has 190 valence electrons. The Kier molecular flexibility index (Phi) is 7.10. The molecule has 4 nitrogen and oxygen atoms in total. The van der Waals surface area contributed by atoms with Gasteiger partial charge in [0.2, 0.25) is 0 Å². The fourth-order valence-corrected chi connectivity index (χ4v) is 5.21. The molecule has 3 aromatic rings. The lowest BCUT2D eigenvalue weighted by Crippen LogP contribution is -2.25. The number of benzene rings is 3. The first-order chi connectivity index (χ1) is 17.4. The van der Waals surface area contributed by atoms with E-state index < -0.39 is 11.7 Å². The lowest BCUT2D eigenvalue weighted by Gasteiger charge is -2.35. The average molecular weight is 498 g/mol. The van der Waals surface area contributed by atoms with Crippen molar-refractivity contribution >= 4 is 0 Å².